The molecule has 0 saturated carbocycles. The molecule has 0 unspecified atom stereocenters. The van der Waals surface area contributed by atoms with E-state index in [2.05, 4.69) is 25.8 Å². The Bertz CT molecular complexity index is 1730. The predicted octanol–water partition coefficient (Wildman–Crippen LogP) is 4.71. The molecule has 1 aliphatic heterocycles. The average Bonchev–Trinajstić information content (AvgIpc) is 3.06. The van der Waals surface area contributed by atoms with Gasteiger partial charge in [0.1, 0.15) is 17.1 Å². The second kappa shape index (κ2) is 15.1. The van der Waals surface area contributed by atoms with Gasteiger partial charge in [-0.15, -0.1) is 0 Å². The number of hydrogen-bond acceptors (Lipinski definition) is 9. The van der Waals surface area contributed by atoms with E-state index in [0.29, 0.717) is 60.1 Å². The first kappa shape index (κ1) is 32.1. The van der Waals surface area contributed by atoms with Crippen LogP contribution in [0.4, 0.5) is 20.2 Å². The van der Waals surface area contributed by atoms with Crippen molar-refractivity contribution < 1.29 is 37.3 Å². The molecule has 1 saturated heterocycles. The van der Waals surface area contributed by atoms with Crippen molar-refractivity contribution in [2.45, 2.75) is 0 Å². The molecule has 0 radical (unpaired) electrons. The molecule has 0 bridgehead atoms. The van der Waals surface area contributed by atoms with Gasteiger partial charge in [-0.25, -0.2) is 8.78 Å². The van der Waals surface area contributed by atoms with Gasteiger partial charge in [0.05, 0.1) is 33.0 Å². The highest BCUT2D eigenvalue weighted by Gasteiger charge is 2.20. The van der Waals surface area contributed by atoms with Crippen LogP contribution in [0.5, 0.6) is 23.0 Å². The third-order valence-corrected chi connectivity index (χ3v) is 7.13. The number of carbonyl (C=O) groups excluding carboxylic acids is 2. The number of fused-ring (bicyclic) bond motifs is 1. The Morgan fingerprint density at radius 3 is 2.24 bits per heavy atom. The monoisotopic (exact) mass is 633 g/mol. The maximum atomic E-state index is 15.3. The highest BCUT2D eigenvalue weighted by molar-refractivity contribution is 6.26. The van der Waals surface area contributed by atoms with Crippen LogP contribution >= 0.6 is 0 Å². The number of morpholine rings is 1. The lowest BCUT2D eigenvalue weighted by Gasteiger charge is -2.26. The predicted molar refractivity (Wildman–Crippen MR) is 168 cm³/mol. The molecule has 2 amide bonds. The third kappa shape index (κ3) is 8.06. The molecule has 11 nitrogen and oxygen atoms in total. The van der Waals surface area contributed by atoms with E-state index in [1.807, 2.05) is 0 Å². The molecule has 0 aliphatic carbocycles. The lowest BCUT2D eigenvalue weighted by Crippen LogP contribution is -2.39. The van der Waals surface area contributed by atoms with Crippen molar-refractivity contribution in [1.82, 2.24) is 15.2 Å². The van der Waals surface area contributed by atoms with E-state index in [1.165, 1.54) is 63.0 Å². The summed E-state index contributed by atoms with van der Waals surface area (Å²) in [4.78, 5) is 32.9. The van der Waals surface area contributed by atoms with Crippen molar-refractivity contribution in [3.8, 4) is 23.0 Å². The Morgan fingerprint density at radius 1 is 0.870 bits per heavy atom. The van der Waals surface area contributed by atoms with Crippen LogP contribution in [-0.4, -0.2) is 75.3 Å². The molecule has 4 aromatic rings. The van der Waals surface area contributed by atoms with Gasteiger partial charge in [0.15, 0.2) is 23.1 Å². The number of ether oxygens (including phenoxy) is 4. The van der Waals surface area contributed by atoms with Crippen molar-refractivity contribution in [3.05, 3.63) is 90.3 Å². The molecule has 3 N–H and O–H groups in total. The molecule has 46 heavy (non-hydrogen) atoms. The summed E-state index contributed by atoms with van der Waals surface area (Å²) in [5.74, 6) is -1.58. The zero-order chi connectivity index (χ0) is 32.5. The van der Waals surface area contributed by atoms with Gasteiger partial charge < -0.3 is 34.9 Å². The summed E-state index contributed by atoms with van der Waals surface area (Å²) in [5.41, 5.74) is 0.677. The molecule has 0 spiro atoms. The number of nitrogens with one attached hydrogen (secondary N) is 3. The number of carbonyl (C=O) groups is 2. The second-order valence-electron chi connectivity index (χ2n) is 10.2. The number of nitrogens with zero attached hydrogens (tertiary/aromatic N) is 2. The lowest BCUT2D eigenvalue weighted by molar-refractivity contribution is -0.118. The number of hydrogen-bond donors (Lipinski definition) is 3. The topological polar surface area (TPSA) is 123 Å². The number of amides is 2. The van der Waals surface area contributed by atoms with Crippen LogP contribution in [0.3, 0.4) is 0 Å². The summed E-state index contributed by atoms with van der Waals surface area (Å²) in [6.45, 7) is 4.00. The minimum Gasteiger partial charge on any atom is -0.493 e. The third-order valence-electron chi connectivity index (χ3n) is 7.13. The number of rotatable bonds is 12. The maximum Gasteiger partial charge on any atom is 0.262 e. The summed E-state index contributed by atoms with van der Waals surface area (Å²) >= 11 is 0. The molecule has 240 valence electrons. The number of methoxy groups -OCH3 is 2. The maximum absolute atomic E-state index is 15.3. The van der Waals surface area contributed by atoms with E-state index in [4.69, 9.17) is 18.9 Å². The standard InChI is InChI=1S/C33H33F2N5O6/c1-43-30-18-24-27(19-31(30)44-2)37-10-9-28(24)46-29-8-7-23(17-26(29)35)39-33(42)25(20-36-11-12-40-13-15-45-16-14-40)32(41)38-22-5-3-21(34)4-6-22/h3-10,17-20,36H,11-16H2,1-2H3,(H,38,41)(H,39,42)/b25-20+. The molecule has 0 atom stereocenters. The molecule has 1 aliphatic rings. The summed E-state index contributed by atoms with van der Waals surface area (Å²) in [6, 6.07) is 14.0. The molecular formula is C33H33F2N5O6. The molecule has 1 fully saturated rings. The van der Waals surface area contributed by atoms with Gasteiger partial charge in [-0.1, -0.05) is 0 Å². The Labute approximate surface area is 264 Å². The number of benzene rings is 3. The zero-order valence-electron chi connectivity index (χ0n) is 25.3. The molecule has 1 aromatic heterocycles. The lowest BCUT2D eigenvalue weighted by atomic mass is 10.1. The van der Waals surface area contributed by atoms with Crippen molar-refractivity contribution in [1.29, 1.82) is 0 Å². The Kier molecular flexibility index (Phi) is 10.6. The number of anilines is 2. The number of pyridine rings is 1. The molecule has 2 heterocycles. The van der Waals surface area contributed by atoms with Gasteiger partial charge in [0, 0.05) is 67.5 Å². The Morgan fingerprint density at radius 2 is 1.54 bits per heavy atom. The number of halogens is 2. The van der Waals surface area contributed by atoms with E-state index in [9.17, 15) is 14.0 Å². The van der Waals surface area contributed by atoms with Gasteiger partial charge in [-0.2, -0.15) is 0 Å². The molecular weight excluding hydrogens is 600 g/mol. The van der Waals surface area contributed by atoms with Gasteiger partial charge >= 0.3 is 0 Å². The van der Waals surface area contributed by atoms with Gasteiger partial charge in [0.25, 0.3) is 11.8 Å². The highest BCUT2D eigenvalue weighted by Crippen LogP contribution is 2.37. The van der Waals surface area contributed by atoms with Gasteiger partial charge in [-0.05, 0) is 48.5 Å². The van der Waals surface area contributed by atoms with Crippen LogP contribution in [-0.2, 0) is 14.3 Å². The van der Waals surface area contributed by atoms with E-state index in [0.717, 1.165) is 19.2 Å². The summed E-state index contributed by atoms with van der Waals surface area (Å²) in [6.07, 6.45) is 2.83. The molecule has 13 heteroatoms. The largest absolute Gasteiger partial charge is 0.493 e. The fraction of sp³-hybridized carbons (Fsp3) is 0.242. The summed E-state index contributed by atoms with van der Waals surface area (Å²) in [5, 5.41) is 8.73. The number of aromatic nitrogens is 1. The summed E-state index contributed by atoms with van der Waals surface area (Å²) in [7, 11) is 3.02. The fourth-order valence-corrected chi connectivity index (χ4v) is 4.70. The quantitative estimate of drug-likeness (QED) is 0.0882. The summed E-state index contributed by atoms with van der Waals surface area (Å²) < 4.78 is 50.6. The van der Waals surface area contributed by atoms with Crippen LogP contribution in [0.1, 0.15) is 0 Å². The second-order valence-corrected chi connectivity index (χ2v) is 10.2. The van der Waals surface area contributed by atoms with Gasteiger partial charge in [0.2, 0.25) is 0 Å². The van der Waals surface area contributed by atoms with Crippen molar-refractivity contribution in [2.24, 2.45) is 0 Å². The van der Waals surface area contributed by atoms with E-state index >= 15 is 4.39 Å². The first-order valence-electron chi connectivity index (χ1n) is 14.4. The van der Waals surface area contributed by atoms with Crippen LogP contribution in [0.15, 0.2) is 78.6 Å². The zero-order valence-corrected chi connectivity index (χ0v) is 25.3. The van der Waals surface area contributed by atoms with Crippen LogP contribution in [0, 0.1) is 11.6 Å². The molecule has 3 aromatic carbocycles. The minimum atomic E-state index is -0.785. The van der Waals surface area contributed by atoms with Crippen molar-refractivity contribution >= 4 is 34.1 Å². The first-order valence-corrected chi connectivity index (χ1v) is 14.4. The highest BCUT2D eigenvalue weighted by atomic mass is 19.1. The Hall–Kier alpha value is -5.27. The van der Waals surface area contributed by atoms with Crippen molar-refractivity contribution in [2.75, 3.05) is 64.2 Å². The first-order chi connectivity index (χ1) is 22.3. The van der Waals surface area contributed by atoms with Crippen LogP contribution in [0.2, 0.25) is 0 Å². The minimum absolute atomic E-state index is 0.0923. The van der Waals surface area contributed by atoms with Crippen molar-refractivity contribution in [3.63, 3.8) is 0 Å². The SMILES string of the molecule is COc1cc2nccc(Oc3ccc(NC(=O)/C(=C/NCCN4CCOCC4)C(=O)Nc4ccc(F)cc4)cc3F)c2cc1OC. The normalized spacial score (nSPS) is 13.6. The van der Waals surface area contributed by atoms with E-state index < -0.39 is 23.4 Å². The van der Waals surface area contributed by atoms with E-state index in [-0.39, 0.29) is 17.0 Å². The molecule has 5 rings (SSSR count). The van der Waals surface area contributed by atoms with Gasteiger partial charge in [-0.3, -0.25) is 19.5 Å². The van der Waals surface area contributed by atoms with E-state index in [1.54, 1.807) is 18.2 Å². The van der Waals surface area contributed by atoms with Crippen LogP contribution < -0.4 is 30.2 Å². The average molecular weight is 634 g/mol. The van der Waals surface area contributed by atoms with Crippen LogP contribution in [0.25, 0.3) is 10.9 Å². The fourth-order valence-electron chi connectivity index (χ4n) is 4.70. The Balaban J connectivity index is 1.31. The smallest absolute Gasteiger partial charge is 0.262 e.